The topological polar surface area (TPSA) is 53.6 Å². The minimum absolute atomic E-state index is 0.165. The van der Waals surface area contributed by atoms with Gasteiger partial charge in [-0.3, -0.25) is 0 Å². The van der Waals surface area contributed by atoms with Crippen LogP contribution in [-0.4, -0.2) is 39.4 Å². The Balaban J connectivity index is 1.87. The van der Waals surface area contributed by atoms with Gasteiger partial charge in [-0.05, 0) is 43.5 Å². The van der Waals surface area contributed by atoms with E-state index in [9.17, 15) is 4.79 Å². The van der Waals surface area contributed by atoms with Gasteiger partial charge in [0.05, 0.1) is 6.10 Å². The van der Waals surface area contributed by atoms with Crippen LogP contribution in [0.5, 0.6) is 0 Å². The predicted molar refractivity (Wildman–Crippen MR) is 81.5 cm³/mol. The molecule has 0 spiro atoms. The molecule has 0 saturated carbocycles. The fraction of sp³-hybridized carbons (Fsp3) is 0.533. The number of urea groups is 1. The summed E-state index contributed by atoms with van der Waals surface area (Å²) in [6.45, 7) is 3.36. The molecule has 1 saturated heterocycles. The molecule has 0 bridgehead atoms. The molecule has 1 heterocycles. The van der Waals surface area contributed by atoms with Crippen molar-refractivity contribution in [3.05, 3.63) is 23.8 Å². The van der Waals surface area contributed by atoms with Gasteiger partial charge in [0.25, 0.3) is 0 Å². The minimum atomic E-state index is -0.179. The van der Waals surface area contributed by atoms with Gasteiger partial charge in [0, 0.05) is 38.6 Å². The molecule has 1 unspecified atom stereocenters. The second kappa shape index (κ2) is 6.61. The molecule has 5 nitrogen and oxygen atoms in total. The van der Waals surface area contributed by atoms with Gasteiger partial charge in [0.2, 0.25) is 0 Å². The number of anilines is 2. The van der Waals surface area contributed by atoms with E-state index in [1.807, 2.05) is 38.1 Å². The highest BCUT2D eigenvalue weighted by Crippen LogP contribution is 2.21. The lowest BCUT2D eigenvalue weighted by molar-refractivity contribution is 0.112. The third kappa shape index (κ3) is 3.87. The molecule has 0 aromatic heterocycles. The van der Waals surface area contributed by atoms with E-state index in [4.69, 9.17) is 4.74 Å². The van der Waals surface area contributed by atoms with E-state index in [0.717, 1.165) is 36.4 Å². The quantitative estimate of drug-likeness (QED) is 0.888. The summed E-state index contributed by atoms with van der Waals surface area (Å²) in [5.74, 6) is 0. The van der Waals surface area contributed by atoms with Gasteiger partial charge in [0.15, 0.2) is 0 Å². The Hall–Kier alpha value is -1.75. The molecule has 1 aliphatic heterocycles. The summed E-state index contributed by atoms with van der Waals surface area (Å²) in [5, 5.41) is 5.73. The summed E-state index contributed by atoms with van der Waals surface area (Å²) < 4.78 is 5.47. The Kier molecular flexibility index (Phi) is 4.84. The summed E-state index contributed by atoms with van der Waals surface area (Å²) >= 11 is 0. The molecule has 5 heteroatoms. The number of aryl methyl sites for hydroxylation is 1. The lowest BCUT2D eigenvalue weighted by Gasteiger charge is -2.16. The molecule has 0 aliphatic carbocycles. The molecule has 1 fully saturated rings. The van der Waals surface area contributed by atoms with E-state index < -0.39 is 0 Å². The maximum absolute atomic E-state index is 11.9. The normalized spacial score (nSPS) is 17.9. The van der Waals surface area contributed by atoms with Crippen molar-refractivity contribution in [3.63, 3.8) is 0 Å². The molecule has 2 rings (SSSR count). The van der Waals surface area contributed by atoms with Crippen molar-refractivity contribution in [1.29, 1.82) is 0 Å². The molecule has 1 atom stereocenters. The lowest BCUT2D eigenvalue weighted by Crippen LogP contribution is -2.35. The number of amides is 2. The number of nitrogens with one attached hydrogen (secondary N) is 2. The first kappa shape index (κ1) is 14.7. The Morgan fingerprint density at radius 1 is 1.45 bits per heavy atom. The first-order valence-corrected chi connectivity index (χ1v) is 7.00. The molecule has 1 aromatic carbocycles. The van der Waals surface area contributed by atoms with Crippen LogP contribution in [0, 0.1) is 6.92 Å². The first-order valence-electron chi connectivity index (χ1n) is 7.00. The van der Waals surface area contributed by atoms with Crippen molar-refractivity contribution in [2.75, 3.05) is 37.5 Å². The summed E-state index contributed by atoms with van der Waals surface area (Å²) in [6, 6.07) is 5.79. The molecular formula is C15H23N3O2. The van der Waals surface area contributed by atoms with Crippen LogP contribution in [0.25, 0.3) is 0 Å². The number of ether oxygens (including phenoxy) is 1. The number of benzene rings is 1. The highest BCUT2D eigenvalue weighted by molar-refractivity contribution is 5.90. The Morgan fingerprint density at radius 2 is 2.25 bits per heavy atom. The maximum Gasteiger partial charge on any atom is 0.319 e. The van der Waals surface area contributed by atoms with Crippen LogP contribution < -0.4 is 15.5 Å². The van der Waals surface area contributed by atoms with Crippen LogP contribution in [-0.2, 0) is 4.74 Å². The number of nitrogens with zero attached hydrogens (tertiary/aromatic N) is 1. The molecule has 0 radical (unpaired) electrons. The summed E-state index contributed by atoms with van der Waals surface area (Å²) in [5.41, 5.74) is 3.00. The Labute approximate surface area is 120 Å². The predicted octanol–water partition coefficient (Wildman–Crippen LogP) is 2.36. The number of hydrogen-bond donors (Lipinski definition) is 2. The van der Waals surface area contributed by atoms with Crippen LogP contribution in [0.4, 0.5) is 16.2 Å². The zero-order valence-corrected chi connectivity index (χ0v) is 12.4. The maximum atomic E-state index is 11.9. The third-order valence-electron chi connectivity index (χ3n) is 3.49. The average molecular weight is 277 g/mol. The van der Waals surface area contributed by atoms with Crippen molar-refractivity contribution >= 4 is 17.4 Å². The Bertz CT molecular complexity index is 468. The van der Waals surface area contributed by atoms with Crippen molar-refractivity contribution in [2.24, 2.45) is 0 Å². The minimum Gasteiger partial charge on any atom is -0.378 e. The van der Waals surface area contributed by atoms with Gasteiger partial charge < -0.3 is 20.3 Å². The molecule has 20 heavy (non-hydrogen) atoms. The van der Waals surface area contributed by atoms with E-state index in [-0.39, 0.29) is 12.1 Å². The van der Waals surface area contributed by atoms with Gasteiger partial charge in [-0.2, -0.15) is 0 Å². The molecular weight excluding hydrogens is 254 g/mol. The van der Waals surface area contributed by atoms with E-state index in [1.54, 1.807) is 0 Å². The van der Waals surface area contributed by atoms with E-state index >= 15 is 0 Å². The fourth-order valence-corrected chi connectivity index (χ4v) is 2.24. The molecule has 110 valence electrons. The smallest absolute Gasteiger partial charge is 0.319 e. The standard InChI is InChI=1S/C15H23N3O2/c1-11-9-12(18(2)3)6-7-14(11)17-15(19)16-10-13-5-4-8-20-13/h6-7,9,13H,4-5,8,10H2,1-3H3,(H2,16,17,19). The largest absolute Gasteiger partial charge is 0.378 e. The number of carbonyl (C=O) groups is 1. The van der Waals surface area contributed by atoms with E-state index in [2.05, 4.69) is 16.7 Å². The van der Waals surface area contributed by atoms with Gasteiger partial charge in [-0.15, -0.1) is 0 Å². The second-order valence-electron chi connectivity index (χ2n) is 5.36. The van der Waals surface area contributed by atoms with Crippen molar-refractivity contribution in [3.8, 4) is 0 Å². The van der Waals surface area contributed by atoms with Crippen LogP contribution >= 0.6 is 0 Å². The molecule has 2 N–H and O–H groups in total. The van der Waals surface area contributed by atoms with Gasteiger partial charge in [-0.1, -0.05) is 0 Å². The van der Waals surface area contributed by atoms with Crippen LogP contribution in [0.15, 0.2) is 18.2 Å². The van der Waals surface area contributed by atoms with Gasteiger partial charge in [0.1, 0.15) is 0 Å². The van der Waals surface area contributed by atoms with Crippen molar-refractivity contribution < 1.29 is 9.53 Å². The fourth-order valence-electron chi connectivity index (χ4n) is 2.24. The van der Waals surface area contributed by atoms with Gasteiger partial charge >= 0.3 is 6.03 Å². The summed E-state index contributed by atoms with van der Waals surface area (Å²) in [4.78, 5) is 13.9. The zero-order chi connectivity index (χ0) is 14.5. The molecule has 1 aliphatic rings. The van der Waals surface area contributed by atoms with Crippen LogP contribution in [0.2, 0.25) is 0 Å². The third-order valence-corrected chi connectivity index (χ3v) is 3.49. The highest BCUT2D eigenvalue weighted by atomic mass is 16.5. The summed E-state index contributed by atoms with van der Waals surface area (Å²) in [6.07, 6.45) is 2.27. The number of rotatable bonds is 4. The second-order valence-corrected chi connectivity index (χ2v) is 5.36. The lowest BCUT2D eigenvalue weighted by atomic mass is 10.1. The summed E-state index contributed by atoms with van der Waals surface area (Å²) in [7, 11) is 3.99. The first-order chi connectivity index (χ1) is 9.56. The Morgan fingerprint density at radius 3 is 2.85 bits per heavy atom. The van der Waals surface area contributed by atoms with E-state index in [1.165, 1.54) is 0 Å². The van der Waals surface area contributed by atoms with Crippen LogP contribution in [0.1, 0.15) is 18.4 Å². The number of hydrogen-bond acceptors (Lipinski definition) is 3. The highest BCUT2D eigenvalue weighted by Gasteiger charge is 2.16. The molecule has 2 amide bonds. The zero-order valence-electron chi connectivity index (χ0n) is 12.4. The van der Waals surface area contributed by atoms with Crippen molar-refractivity contribution in [1.82, 2.24) is 5.32 Å². The van der Waals surface area contributed by atoms with Gasteiger partial charge in [-0.25, -0.2) is 4.79 Å². The molecule has 1 aromatic rings. The van der Waals surface area contributed by atoms with Crippen LogP contribution in [0.3, 0.4) is 0 Å². The SMILES string of the molecule is Cc1cc(N(C)C)ccc1NC(=O)NCC1CCCO1. The van der Waals surface area contributed by atoms with Crippen molar-refractivity contribution in [2.45, 2.75) is 25.9 Å². The average Bonchev–Trinajstić information content (AvgIpc) is 2.91. The monoisotopic (exact) mass is 277 g/mol. The number of carbonyl (C=O) groups excluding carboxylic acids is 1. The van der Waals surface area contributed by atoms with E-state index in [0.29, 0.717) is 6.54 Å².